The number of anilines is 2. The van der Waals surface area contributed by atoms with Gasteiger partial charge in [0.2, 0.25) is 0 Å². The van der Waals surface area contributed by atoms with Crippen LogP contribution in [0.3, 0.4) is 0 Å². The van der Waals surface area contributed by atoms with E-state index in [4.69, 9.17) is 0 Å². The van der Waals surface area contributed by atoms with Crippen molar-refractivity contribution < 1.29 is 5.11 Å². The molecular formula is C16H21Cl2N3O. The van der Waals surface area contributed by atoms with Crippen LogP contribution in [0.1, 0.15) is 5.56 Å². The van der Waals surface area contributed by atoms with Crippen LogP contribution >= 0.6 is 24.8 Å². The first kappa shape index (κ1) is 18.4. The molecule has 0 spiro atoms. The van der Waals surface area contributed by atoms with E-state index in [0.717, 1.165) is 31.7 Å². The zero-order valence-electron chi connectivity index (χ0n) is 12.5. The highest BCUT2D eigenvalue weighted by molar-refractivity contribution is 5.85. The maximum atomic E-state index is 9.60. The molecule has 6 heteroatoms. The number of halogens is 2. The Bertz CT molecular complexity index is 587. The van der Waals surface area contributed by atoms with Gasteiger partial charge in [-0.1, -0.05) is 0 Å². The van der Waals surface area contributed by atoms with Gasteiger partial charge in [0.1, 0.15) is 5.75 Å². The average molecular weight is 342 g/mol. The van der Waals surface area contributed by atoms with E-state index in [-0.39, 0.29) is 24.8 Å². The average Bonchev–Trinajstić information content (AvgIpc) is 2.51. The fraction of sp³-hybridized carbons (Fsp3) is 0.312. The van der Waals surface area contributed by atoms with E-state index in [1.54, 1.807) is 6.07 Å². The van der Waals surface area contributed by atoms with Gasteiger partial charge in [0.25, 0.3) is 0 Å². The summed E-state index contributed by atoms with van der Waals surface area (Å²) in [4.78, 5) is 8.81. The number of pyridine rings is 1. The summed E-state index contributed by atoms with van der Waals surface area (Å²) in [6.07, 6.45) is 3.68. The summed E-state index contributed by atoms with van der Waals surface area (Å²) >= 11 is 0. The highest BCUT2D eigenvalue weighted by Gasteiger charge is 2.17. The van der Waals surface area contributed by atoms with Crippen LogP contribution in [0.15, 0.2) is 42.7 Å². The molecule has 1 aromatic carbocycles. The first-order chi connectivity index (χ1) is 9.74. The molecule has 2 heterocycles. The second kappa shape index (κ2) is 8.11. The van der Waals surface area contributed by atoms with Crippen molar-refractivity contribution in [1.29, 1.82) is 0 Å². The van der Waals surface area contributed by atoms with E-state index in [0.29, 0.717) is 5.75 Å². The molecule has 120 valence electrons. The maximum Gasteiger partial charge on any atom is 0.118 e. The predicted octanol–water partition coefficient (Wildman–Crippen LogP) is 3.27. The minimum absolute atomic E-state index is 0. The standard InChI is InChI=1S/C16H19N3O.2ClH/c1-13-12-15(2-3-16(13)20)19-10-8-18(9-11-19)14-4-6-17-7-5-14;;/h2-7,12,20H,8-11H2,1H3;2*1H. The summed E-state index contributed by atoms with van der Waals surface area (Å²) in [5.41, 5.74) is 3.36. The number of phenolic OH excluding ortho intramolecular Hbond substituents is 1. The molecule has 0 unspecified atom stereocenters. The summed E-state index contributed by atoms with van der Waals surface area (Å²) in [5, 5.41) is 9.60. The van der Waals surface area contributed by atoms with Crippen LogP contribution in [0.5, 0.6) is 5.75 Å². The number of aryl methyl sites for hydroxylation is 1. The lowest BCUT2D eigenvalue weighted by molar-refractivity contribution is 0.471. The quantitative estimate of drug-likeness (QED) is 0.909. The lowest BCUT2D eigenvalue weighted by atomic mass is 10.1. The summed E-state index contributed by atoms with van der Waals surface area (Å²) in [6, 6.07) is 9.93. The Hall–Kier alpha value is -1.65. The van der Waals surface area contributed by atoms with Crippen LogP contribution in [0, 0.1) is 6.92 Å². The Morgan fingerprint density at radius 1 is 0.864 bits per heavy atom. The minimum Gasteiger partial charge on any atom is -0.508 e. The Labute approximate surface area is 143 Å². The molecule has 0 bridgehead atoms. The van der Waals surface area contributed by atoms with Gasteiger partial charge >= 0.3 is 0 Å². The number of aromatic hydroxyl groups is 1. The van der Waals surface area contributed by atoms with Crippen LogP contribution in [0.4, 0.5) is 11.4 Å². The van der Waals surface area contributed by atoms with E-state index in [9.17, 15) is 5.11 Å². The number of nitrogens with zero attached hydrogens (tertiary/aromatic N) is 3. The summed E-state index contributed by atoms with van der Waals surface area (Å²) in [6.45, 7) is 5.93. The van der Waals surface area contributed by atoms with E-state index >= 15 is 0 Å². The van der Waals surface area contributed by atoms with Gasteiger partial charge in [0, 0.05) is 49.9 Å². The normalized spacial score (nSPS) is 14.0. The van der Waals surface area contributed by atoms with Gasteiger partial charge in [-0.25, -0.2) is 0 Å². The molecular weight excluding hydrogens is 321 g/mol. The number of hydrogen-bond acceptors (Lipinski definition) is 4. The highest BCUT2D eigenvalue weighted by Crippen LogP contribution is 2.25. The van der Waals surface area contributed by atoms with Gasteiger partial charge in [0.15, 0.2) is 0 Å². The Kier molecular flexibility index (Phi) is 6.78. The molecule has 0 radical (unpaired) electrons. The van der Waals surface area contributed by atoms with Crippen molar-refractivity contribution in [1.82, 2.24) is 4.98 Å². The smallest absolute Gasteiger partial charge is 0.118 e. The summed E-state index contributed by atoms with van der Waals surface area (Å²) < 4.78 is 0. The van der Waals surface area contributed by atoms with E-state index in [1.165, 1.54) is 11.4 Å². The molecule has 0 saturated carbocycles. The van der Waals surface area contributed by atoms with Crippen molar-refractivity contribution in [3.05, 3.63) is 48.3 Å². The fourth-order valence-electron chi connectivity index (χ4n) is 2.61. The first-order valence-corrected chi connectivity index (χ1v) is 6.93. The number of aromatic nitrogens is 1. The van der Waals surface area contributed by atoms with Crippen molar-refractivity contribution in [2.75, 3.05) is 36.0 Å². The van der Waals surface area contributed by atoms with Crippen LogP contribution in [0.2, 0.25) is 0 Å². The van der Waals surface area contributed by atoms with Crippen LogP contribution in [0.25, 0.3) is 0 Å². The van der Waals surface area contributed by atoms with E-state index < -0.39 is 0 Å². The molecule has 1 aromatic heterocycles. The number of rotatable bonds is 2. The SMILES string of the molecule is Cc1cc(N2CCN(c3ccncc3)CC2)ccc1O.Cl.Cl. The fourth-order valence-corrected chi connectivity index (χ4v) is 2.61. The van der Waals surface area contributed by atoms with Gasteiger partial charge in [-0.05, 0) is 42.8 Å². The number of piperazine rings is 1. The maximum absolute atomic E-state index is 9.60. The minimum atomic E-state index is 0. The molecule has 22 heavy (non-hydrogen) atoms. The number of benzene rings is 1. The van der Waals surface area contributed by atoms with E-state index in [2.05, 4.69) is 33.0 Å². The zero-order chi connectivity index (χ0) is 13.9. The third kappa shape index (κ3) is 3.96. The summed E-state index contributed by atoms with van der Waals surface area (Å²) in [7, 11) is 0. The van der Waals surface area contributed by atoms with Gasteiger partial charge in [-0.2, -0.15) is 0 Å². The summed E-state index contributed by atoms with van der Waals surface area (Å²) in [5.74, 6) is 0.365. The lowest BCUT2D eigenvalue weighted by Gasteiger charge is -2.37. The Morgan fingerprint density at radius 2 is 1.41 bits per heavy atom. The van der Waals surface area contributed by atoms with Crippen molar-refractivity contribution in [3.63, 3.8) is 0 Å². The van der Waals surface area contributed by atoms with E-state index in [1.807, 2.05) is 25.4 Å². The molecule has 1 aliphatic heterocycles. The monoisotopic (exact) mass is 341 g/mol. The number of hydrogen-bond donors (Lipinski definition) is 1. The second-order valence-electron chi connectivity index (χ2n) is 5.15. The molecule has 4 nitrogen and oxygen atoms in total. The third-order valence-corrected chi connectivity index (χ3v) is 3.85. The van der Waals surface area contributed by atoms with Gasteiger partial charge < -0.3 is 14.9 Å². The van der Waals surface area contributed by atoms with Crippen molar-refractivity contribution in [2.45, 2.75) is 6.92 Å². The Balaban J connectivity index is 0.00000121. The zero-order valence-corrected chi connectivity index (χ0v) is 14.1. The van der Waals surface area contributed by atoms with Crippen molar-refractivity contribution in [2.24, 2.45) is 0 Å². The molecule has 1 saturated heterocycles. The Morgan fingerprint density at radius 3 is 1.95 bits per heavy atom. The largest absolute Gasteiger partial charge is 0.508 e. The highest BCUT2D eigenvalue weighted by atomic mass is 35.5. The topological polar surface area (TPSA) is 39.6 Å². The third-order valence-electron chi connectivity index (χ3n) is 3.85. The van der Waals surface area contributed by atoms with Gasteiger partial charge in [0.05, 0.1) is 0 Å². The number of phenols is 1. The predicted molar refractivity (Wildman–Crippen MR) is 96.0 cm³/mol. The van der Waals surface area contributed by atoms with Crippen LogP contribution in [-0.2, 0) is 0 Å². The van der Waals surface area contributed by atoms with Gasteiger partial charge in [-0.3, -0.25) is 4.98 Å². The first-order valence-electron chi connectivity index (χ1n) is 6.93. The molecule has 1 aliphatic rings. The molecule has 1 fully saturated rings. The van der Waals surface area contributed by atoms with Crippen LogP contribution in [-0.4, -0.2) is 36.3 Å². The molecule has 3 rings (SSSR count). The van der Waals surface area contributed by atoms with Crippen LogP contribution < -0.4 is 9.80 Å². The molecule has 1 N–H and O–H groups in total. The molecule has 2 aromatic rings. The molecule has 0 atom stereocenters. The molecule has 0 amide bonds. The molecule has 0 aliphatic carbocycles. The van der Waals surface area contributed by atoms with Gasteiger partial charge in [-0.15, -0.1) is 24.8 Å². The van der Waals surface area contributed by atoms with Crippen molar-refractivity contribution in [3.8, 4) is 5.75 Å². The lowest BCUT2D eigenvalue weighted by Crippen LogP contribution is -2.46. The second-order valence-corrected chi connectivity index (χ2v) is 5.15. The van der Waals surface area contributed by atoms with Crippen molar-refractivity contribution >= 4 is 36.2 Å².